The van der Waals surface area contributed by atoms with Crippen molar-refractivity contribution in [2.24, 2.45) is 0 Å². The van der Waals surface area contributed by atoms with Crippen LogP contribution in [0, 0.1) is 11.3 Å². The SMILES string of the molecule is N#Cc1ccc(Cn2ncc(NC3CC3)cc2=O)cc1. The van der Waals surface area contributed by atoms with E-state index >= 15 is 0 Å². The molecule has 1 aliphatic carbocycles. The topological polar surface area (TPSA) is 70.7 Å². The summed E-state index contributed by atoms with van der Waals surface area (Å²) in [5.74, 6) is 0. The summed E-state index contributed by atoms with van der Waals surface area (Å²) in [6.07, 6.45) is 4.01. The van der Waals surface area contributed by atoms with Crippen molar-refractivity contribution in [3.05, 3.63) is 58.0 Å². The van der Waals surface area contributed by atoms with E-state index in [1.807, 2.05) is 12.1 Å². The molecule has 0 bridgehead atoms. The van der Waals surface area contributed by atoms with Crippen molar-refractivity contribution in [3.63, 3.8) is 0 Å². The summed E-state index contributed by atoms with van der Waals surface area (Å²) >= 11 is 0. The third kappa shape index (κ3) is 2.86. The Morgan fingerprint density at radius 2 is 2.10 bits per heavy atom. The van der Waals surface area contributed by atoms with Gasteiger partial charge in [-0.1, -0.05) is 12.1 Å². The molecule has 5 heteroatoms. The highest BCUT2D eigenvalue weighted by Crippen LogP contribution is 2.23. The van der Waals surface area contributed by atoms with Crippen molar-refractivity contribution in [2.45, 2.75) is 25.4 Å². The Morgan fingerprint density at radius 3 is 2.70 bits per heavy atom. The predicted octanol–water partition coefficient (Wildman–Crippen LogP) is 1.74. The van der Waals surface area contributed by atoms with E-state index in [0.29, 0.717) is 18.2 Å². The van der Waals surface area contributed by atoms with Gasteiger partial charge >= 0.3 is 0 Å². The number of nitrogens with one attached hydrogen (secondary N) is 1. The summed E-state index contributed by atoms with van der Waals surface area (Å²) in [5.41, 5.74) is 2.22. The van der Waals surface area contributed by atoms with Gasteiger partial charge in [0, 0.05) is 12.1 Å². The zero-order chi connectivity index (χ0) is 13.9. The average molecular weight is 266 g/mol. The van der Waals surface area contributed by atoms with E-state index in [-0.39, 0.29) is 5.56 Å². The van der Waals surface area contributed by atoms with E-state index < -0.39 is 0 Å². The van der Waals surface area contributed by atoms with Crippen LogP contribution in [0.1, 0.15) is 24.0 Å². The van der Waals surface area contributed by atoms with Crippen LogP contribution in [0.5, 0.6) is 0 Å². The van der Waals surface area contributed by atoms with Crippen LogP contribution in [0.25, 0.3) is 0 Å². The van der Waals surface area contributed by atoms with Crippen molar-refractivity contribution in [1.29, 1.82) is 5.26 Å². The molecule has 0 atom stereocenters. The maximum absolute atomic E-state index is 12.0. The minimum absolute atomic E-state index is 0.125. The first-order chi connectivity index (χ1) is 9.74. The lowest BCUT2D eigenvalue weighted by Crippen LogP contribution is -2.23. The van der Waals surface area contributed by atoms with Crippen LogP contribution in [0.3, 0.4) is 0 Å². The first kappa shape index (κ1) is 12.4. The number of nitriles is 1. The van der Waals surface area contributed by atoms with E-state index in [2.05, 4.69) is 16.5 Å². The molecule has 1 aromatic carbocycles. The highest BCUT2D eigenvalue weighted by molar-refractivity contribution is 5.41. The molecule has 2 aromatic rings. The Morgan fingerprint density at radius 1 is 1.35 bits per heavy atom. The van der Waals surface area contributed by atoms with E-state index in [4.69, 9.17) is 5.26 Å². The quantitative estimate of drug-likeness (QED) is 0.915. The van der Waals surface area contributed by atoms with Gasteiger partial charge in [-0.3, -0.25) is 4.79 Å². The molecule has 100 valence electrons. The fraction of sp³-hybridized carbons (Fsp3) is 0.267. The maximum atomic E-state index is 12.0. The largest absolute Gasteiger partial charge is 0.381 e. The van der Waals surface area contributed by atoms with Gasteiger partial charge in [-0.15, -0.1) is 0 Å². The van der Waals surface area contributed by atoms with Gasteiger partial charge in [0.1, 0.15) is 0 Å². The molecule has 0 radical (unpaired) electrons. The van der Waals surface area contributed by atoms with Gasteiger partial charge in [0.2, 0.25) is 0 Å². The second kappa shape index (κ2) is 5.17. The molecule has 20 heavy (non-hydrogen) atoms. The summed E-state index contributed by atoms with van der Waals surface area (Å²) in [7, 11) is 0. The third-order valence-electron chi connectivity index (χ3n) is 3.23. The van der Waals surface area contributed by atoms with E-state index in [1.165, 1.54) is 4.68 Å². The minimum Gasteiger partial charge on any atom is -0.381 e. The molecule has 0 spiro atoms. The van der Waals surface area contributed by atoms with E-state index in [1.54, 1.807) is 24.4 Å². The van der Waals surface area contributed by atoms with Crippen molar-refractivity contribution >= 4 is 5.69 Å². The standard InChI is InChI=1S/C15H14N4O/c16-8-11-1-3-12(4-2-11)10-19-15(20)7-14(9-17-19)18-13-5-6-13/h1-4,7,9,13,18H,5-6,10H2. The average Bonchev–Trinajstić information content (AvgIpc) is 3.27. The molecule has 1 N–H and O–H groups in total. The van der Waals surface area contributed by atoms with Crippen LogP contribution < -0.4 is 10.9 Å². The molecule has 0 aliphatic heterocycles. The van der Waals surface area contributed by atoms with Crippen LogP contribution in [-0.2, 0) is 6.54 Å². The van der Waals surface area contributed by atoms with Crippen molar-refractivity contribution in [1.82, 2.24) is 9.78 Å². The zero-order valence-corrected chi connectivity index (χ0v) is 10.9. The summed E-state index contributed by atoms with van der Waals surface area (Å²) < 4.78 is 1.42. The molecule has 1 fully saturated rings. The molecule has 1 aliphatic rings. The fourth-order valence-corrected chi connectivity index (χ4v) is 1.95. The highest BCUT2D eigenvalue weighted by Gasteiger charge is 2.21. The van der Waals surface area contributed by atoms with Gasteiger partial charge in [0.05, 0.1) is 30.1 Å². The molecular weight excluding hydrogens is 252 g/mol. The molecule has 0 amide bonds. The second-order valence-corrected chi connectivity index (χ2v) is 4.97. The third-order valence-corrected chi connectivity index (χ3v) is 3.23. The van der Waals surface area contributed by atoms with Gasteiger partial charge < -0.3 is 5.32 Å². The number of anilines is 1. The van der Waals surface area contributed by atoms with Crippen LogP contribution in [0.2, 0.25) is 0 Å². The molecule has 0 saturated heterocycles. The smallest absolute Gasteiger partial charge is 0.269 e. The number of rotatable bonds is 4. The van der Waals surface area contributed by atoms with Crippen LogP contribution in [-0.4, -0.2) is 15.8 Å². The molecule has 1 saturated carbocycles. The fourth-order valence-electron chi connectivity index (χ4n) is 1.95. The Hall–Kier alpha value is -2.61. The van der Waals surface area contributed by atoms with Gasteiger partial charge in [0.25, 0.3) is 5.56 Å². The van der Waals surface area contributed by atoms with Crippen molar-refractivity contribution < 1.29 is 0 Å². The Labute approximate surface area is 116 Å². The van der Waals surface area contributed by atoms with E-state index in [0.717, 1.165) is 24.1 Å². The monoisotopic (exact) mass is 266 g/mol. The number of nitrogens with zero attached hydrogens (tertiary/aromatic N) is 3. The zero-order valence-electron chi connectivity index (χ0n) is 10.9. The minimum atomic E-state index is -0.125. The van der Waals surface area contributed by atoms with Crippen molar-refractivity contribution in [3.8, 4) is 6.07 Å². The summed E-state index contributed by atoms with van der Waals surface area (Å²) in [6, 6.07) is 11.3. The number of aromatic nitrogens is 2. The maximum Gasteiger partial charge on any atom is 0.269 e. The molecule has 1 aromatic heterocycles. The lowest BCUT2D eigenvalue weighted by Gasteiger charge is -2.07. The first-order valence-electron chi connectivity index (χ1n) is 6.57. The lowest BCUT2D eigenvalue weighted by atomic mass is 10.1. The number of hydrogen-bond acceptors (Lipinski definition) is 4. The molecule has 1 heterocycles. The summed E-state index contributed by atoms with van der Waals surface area (Å²) in [6.45, 7) is 0.411. The molecule has 3 rings (SSSR count). The number of benzene rings is 1. The Bertz CT molecular complexity index is 708. The normalized spacial score (nSPS) is 13.8. The molecule has 0 unspecified atom stereocenters. The van der Waals surface area contributed by atoms with Gasteiger partial charge in [-0.2, -0.15) is 10.4 Å². The van der Waals surface area contributed by atoms with Gasteiger partial charge in [-0.25, -0.2) is 4.68 Å². The molecular formula is C15H14N4O. The number of hydrogen-bond donors (Lipinski definition) is 1. The van der Waals surface area contributed by atoms with Crippen LogP contribution >= 0.6 is 0 Å². The van der Waals surface area contributed by atoms with Crippen molar-refractivity contribution in [2.75, 3.05) is 5.32 Å². The van der Waals surface area contributed by atoms with Crippen LogP contribution in [0.4, 0.5) is 5.69 Å². The van der Waals surface area contributed by atoms with Gasteiger partial charge in [-0.05, 0) is 30.5 Å². The van der Waals surface area contributed by atoms with Gasteiger partial charge in [0.15, 0.2) is 0 Å². The van der Waals surface area contributed by atoms with Crippen LogP contribution in [0.15, 0.2) is 41.3 Å². The highest BCUT2D eigenvalue weighted by atomic mass is 16.1. The summed E-state index contributed by atoms with van der Waals surface area (Å²) in [4.78, 5) is 12.0. The first-order valence-corrected chi connectivity index (χ1v) is 6.57. The second-order valence-electron chi connectivity index (χ2n) is 4.97. The Kier molecular flexibility index (Phi) is 3.21. The Balaban J connectivity index is 1.76. The summed E-state index contributed by atoms with van der Waals surface area (Å²) in [5, 5.41) is 16.2. The van der Waals surface area contributed by atoms with E-state index in [9.17, 15) is 4.79 Å². The lowest BCUT2D eigenvalue weighted by molar-refractivity contribution is 0.639. The predicted molar refractivity (Wildman–Crippen MR) is 75.4 cm³/mol. The molecule has 5 nitrogen and oxygen atoms in total.